The van der Waals surface area contributed by atoms with Crippen LogP contribution in [0, 0.1) is 5.92 Å². The van der Waals surface area contributed by atoms with Gasteiger partial charge in [-0.05, 0) is 50.6 Å². The summed E-state index contributed by atoms with van der Waals surface area (Å²) < 4.78 is 16.4. The van der Waals surface area contributed by atoms with E-state index < -0.39 is 30.2 Å². The van der Waals surface area contributed by atoms with Gasteiger partial charge in [0.05, 0.1) is 36.7 Å². The molecule has 0 saturated carbocycles. The van der Waals surface area contributed by atoms with Gasteiger partial charge < -0.3 is 30.0 Å². The SMILES string of the molecule is CCOc1cc([C@@H]2NC(=O)NC(C)=C2C(=O)OC)ccc1OC[C@@H](O)N/N=C\[C@@H]1C(=O)N(c2ccccc2)N=C1C. The van der Waals surface area contributed by atoms with Crippen LogP contribution in [0.2, 0.25) is 0 Å². The van der Waals surface area contributed by atoms with Crippen LogP contribution in [0.15, 0.2) is 70.0 Å². The van der Waals surface area contributed by atoms with E-state index in [-0.39, 0.29) is 18.1 Å². The number of anilines is 1. The highest BCUT2D eigenvalue weighted by Crippen LogP contribution is 2.35. The van der Waals surface area contributed by atoms with Crippen molar-refractivity contribution in [2.24, 2.45) is 16.1 Å². The monoisotopic (exact) mass is 564 g/mol. The predicted octanol–water partition coefficient (Wildman–Crippen LogP) is 2.20. The maximum atomic E-state index is 12.8. The number of rotatable bonds is 11. The molecule has 2 aliphatic heterocycles. The zero-order valence-electron chi connectivity index (χ0n) is 23.1. The van der Waals surface area contributed by atoms with Gasteiger partial charge in [-0.25, -0.2) is 9.59 Å². The molecule has 41 heavy (non-hydrogen) atoms. The summed E-state index contributed by atoms with van der Waals surface area (Å²) in [6.45, 7) is 5.27. The Hall–Kier alpha value is -4.91. The Morgan fingerprint density at radius 1 is 1.17 bits per heavy atom. The van der Waals surface area contributed by atoms with E-state index in [1.165, 1.54) is 18.3 Å². The number of nitrogens with zero attached hydrogens (tertiary/aromatic N) is 3. The molecule has 0 saturated heterocycles. The number of methoxy groups -OCH3 is 1. The fourth-order valence-electron chi connectivity index (χ4n) is 4.33. The molecule has 0 spiro atoms. The number of esters is 1. The summed E-state index contributed by atoms with van der Waals surface area (Å²) in [5, 5.41) is 25.3. The summed E-state index contributed by atoms with van der Waals surface area (Å²) >= 11 is 0. The first kappa shape index (κ1) is 29.1. The van der Waals surface area contributed by atoms with Crippen LogP contribution in [-0.2, 0) is 14.3 Å². The predicted molar refractivity (Wildman–Crippen MR) is 150 cm³/mol. The van der Waals surface area contributed by atoms with Crippen LogP contribution in [0.5, 0.6) is 11.5 Å². The zero-order valence-corrected chi connectivity index (χ0v) is 23.1. The smallest absolute Gasteiger partial charge is 0.337 e. The largest absolute Gasteiger partial charge is 0.490 e. The fourth-order valence-corrected chi connectivity index (χ4v) is 4.33. The summed E-state index contributed by atoms with van der Waals surface area (Å²) in [7, 11) is 1.27. The number of nitrogens with one attached hydrogen (secondary N) is 3. The van der Waals surface area contributed by atoms with E-state index in [0.717, 1.165) is 0 Å². The van der Waals surface area contributed by atoms with Crippen molar-refractivity contribution in [3.8, 4) is 11.5 Å². The first-order valence-electron chi connectivity index (χ1n) is 12.9. The molecule has 4 N–H and O–H groups in total. The average molecular weight is 565 g/mol. The van der Waals surface area contributed by atoms with Gasteiger partial charge in [-0.15, -0.1) is 0 Å². The van der Waals surface area contributed by atoms with Gasteiger partial charge in [0.25, 0.3) is 5.91 Å². The van der Waals surface area contributed by atoms with E-state index in [0.29, 0.717) is 40.8 Å². The molecule has 216 valence electrons. The van der Waals surface area contributed by atoms with Crippen molar-refractivity contribution in [2.45, 2.75) is 33.0 Å². The third kappa shape index (κ3) is 6.64. The van der Waals surface area contributed by atoms with Gasteiger partial charge in [-0.3, -0.25) is 10.2 Å². The number of benzene rings is 2. The van der Waals surface area contributed by atoms with Crippen molar-refractivity contribution in [1.29, 1.82) is 0 Å². The Kier molecular flexibility index (Phi) is 9.19. The molecule has 4 rings (SSSR count). The third-order valence-electron chi connectivity index (χ3n) is 6.30. The number of amides is 3. The lowest BCUT2D eigenvalue weighted by Crippen LogP contribution is -2.45. The number of carbonyl (C=O) groups is 3. The second kappa shape index (κ2) is 13.0. The van der Waals surface area contributed by atoms with Gasteiger partial charge in [-0.2, -0.15) is 15.2 Å². The molecule has 0 aromatic heterocycles. The van der Waals surface area contributed by atoms with Crippen LogP contribution >= 0.6 is 0 Å². The molecule has 3 atom stereocenters. The maximum absolute atomic E-state index is 12.8. The Morgan fingerprint density at radius 3 is 2.63 bits per heavy atom. The second-order valence-electron chi connectivity index (χ2n) is 9.14. The number of aliphatic hydroxyl groups is 1. The lowest BCUT2D eigenvalue weighted by atomic mass is 9.95. The molecule has 2 aromatic rings. The van der Waals surface area contributed by atoms with Crippen molar-refractivity contribution in [3.63, 3.8) is 0 Å². The molecule has 13 nitrogen and oxygen atoms in total. The molecular weight excluding hydrogens is 532 g/mol. The summed E-state index contributed by atoms with van der Waals surface area (Å²) in [5.74, 6) is -0.831. The number of allylic oxidation sites excluding steroid dienone is 1. The minimum Gasteiger partial charge on any atom is -0.490 e. The number of aliphatic hydroxyl groups excluding tert-OH is 1. The van der Waals surface area contributed by atoms with E-state index in [4.69, 9.17) is 14.2 Å². The van der Waals surface area contributed by atoms with Crippen LogP contribution in [0.25, 0.3) is 0 Å². The average Bonchev–Trinajstić information content (AvgIpc) is 3.25. The molecule has 0 aliphatic carbocycles. The first-order chi connectivity index (χ1) is 19.7. The zero-order chi connectivity index (χ0) is 29.5. The minimum absolute atomic E-state index is 0.199. The topological polar surface area (TPSA) is 163 Å². The molecule has 0 radical (unpaired) electrons. The number of para-hydroxylation sites is 1. The van der Waals surface area contributed by atoms with E-state index >= 15 is 0 Å². The van der Waals surface area contributed by atoms with Crippen LogP contribution < -0.4 is 30.5 Å². The summed E-state index contributed by atoms with van der Waals surface area (Å²) in [6, 6.07) is 12.8. The molecule has 2 aromatic carbocycles. The van der Waals surface area contributed by atoms with Crippen molar-refractivity contribution < 1.29 is 33.7 Å². The van der Waals surface area contributed by atoms with Crippen molar-refractivity contribution >= 4 is 35.5 Å². The summed E-state index contributed by atoms with van der Waals surface area (Å²) in [5.41, 5.74) is 4.98. The second-order valence-corrected chi connectivity index (χ2v) is 9.14. The highest BCUT2D eigenvalue weighted by Gasteiger charge is 2.34. The number of carbonyl (C=O) groups excluding carboxylic acids is 3. The molecule has 3 amide bonds. The lowest BCUT2D eigenvalue weighted by Gasteiger charge is -2.28. The van der Waals surface area contributed by atoms with Gasteiger partial charge in [0.15, 0.2) is 17.7 Å². The van der Waals surface area contributed by atoms with Gasteiger partial charge in [0, 0.05) is 11.9 Å². The van der Waals surface area contributed by atoms with E-state index in [9.17, 15) is 19.5 Å². The number of hydrogen-bond acceptors (Lipinski definition) is 10. The standard InChI is InChI=1S/C28H32N6O7/c1-5-40-22-13-18(25-24(27(37)39-4)17(3)30-28(38)31-25)11-12-21(22)41-15-23(35)32-29-14-20-16(2)33-34(26(20)36)19-9-7-6-8-10-19/h6-14,20,23,25,32,35H,5,15H2,1-4H3,(H2,30,31,38)/b29-14-/t20-,23+,25-/m0/s1. The quantitative estimate of drug-likeness (QED) is 0.140. The molecule has 0 bridgehead atoms. The molecule has 0 unspecified atom stereocenters. The van der Waals surface area contributed by atoms with E-state index in [1.54, 1.807) is 51.1 Å². The number of urea groups is 1. The van der Waals surface area contributed by atoms with Gasteiger partial charge in [0.1, 0.15) is 12.5 Å². The summed E-state index contributed by atoms with van der Waals surface area (Å²) in [4.78, 5) is 37.3. The first-order valence-corrected chi connectivity index (χ1v) is 12.9. The van der Waals surface area contributed by atoms with Crippen LogP contribution in [0.1, 0.15) is 32.4 Å². The Balaban J connectivity index is 1.39. The number of ether oxygens (including phenoxy) is 3. The Bertz CT molecular complexity index is 1390. The van der Waals surface area contributed by atoms with Gasteiger partial charge >= 0.3 is 12.0 Å². The molecular formula is C28H32N6O7. The number of hydrazone groups is 2. The van der Waals surface area contributed by atoms with Gasteiger partial charge in [-0.1, -0.05) is 24.3 Å². The summed E-state index contributed by atoms with van der Waals surface area (Å²) in [6.07, 6.45) is 0.176. The molecule has 2 aliphatic rings. The van der Waals surface area contributed by atoms with Crippen LogP contribution in [-0.4, -0.2) is 61.5 Å². The Labute approximate surface area is 236 Å². The van der Waals surface area contributed by atoms with Crippen molar-refractivity contribution in [2.75, 3.05) is 25.3 Å². The highest BCUT2D eigenvalue weighted by molar-refractivity contribution is 6.23. The molecule has 13 heteroatoms. The van der Waals surface area contributed by atoms with Crippen molar-refractivity contribution in [1.82, 2.24) is 16.1 Å². The van der Waals surface area contributed by atoms with Crippen molar-refractivity contribution in [3.05, 3.63) is 65.4 Å². The van der Waals surface area contributed by atoms with E-state index in [2.05, 4.69) is 26.3 Å². The normalized spacial score (nSPS) is 19.4. The molecule has 2 heterocycles. The van der Waals surface area contributed by atoms with Crippen LogP contribution in [0.4, 0.5) is 10.5 Å². The maximum Gasteiger partial charge on any atom is 0.337 e. The fraction of sp³-hybridized carbons (Fsp3) is 0.321. The third-order valence-corrected chi connectivity index (χ3v) is 6.30. The van der Waals surface area contributed by atoms with E-state index in [1.807, 2.05) is 18.2 Å². The van der Waals surface area contributed by atoms with Gasteiger partial charge in [0.2, 0.25) is 0 Å². The minimum atomic E-state index is -1.21. The van der Waals surface area contributed by atoms with Crippen LogP contribution in [0.3, 0.4) is 0 Å². The lowest BCUT2D eigenvalue weighted by molar-refractivity contribution is -0.136. The molecule has 0 fully saturated rings. The highest BCUT2D eigenvalue weighted by atomic mass is 16.5. The Morgan fingerprint density at radius 2 is 1.93 bits per heavy atom. The number of hydrogen-bond donors (Lipinski definition) is 4.